The minimum Gasteiger partial charge on any atom is -0.393 e. The van der Waals surface area contributed by atoms with Gasteiger partial charge in [0.1, 0.15) is 5.82 Å². The summed E-state index contributed by atoms with van der Waals surface area (Å²) in [6.07, 6.45) is 1.06. The molecule has 0 radical (unpaired) electrons. The lowest BCUT2D eigenvalue weighted by Crippen LogP contribution is -2.47. The summed E-state index contributed by atoms with van der Waals surface area (Å²) in [5.74, 6) is -2.08. The van der Waals surface area contributed by atoms with E-state index in [0.717, 1.165) is 18.9 Å². The van der Waals surface area contributed by atoms with Gasteiger partial charge in [-0.2, -0.15) is 0 Å². The summed E-state index contributed by atoms with van der Waals surface area (Å²) in [4.78, 5) is 25.6. The number of hydrogen-bond donors (Lipinski definition) is 2. The maximum atomic E-state index is 13.1. The molecule has 1 heterocycles. The standard InChI is InChI=1S/C15H18ClFN2O3/c1-9(20)10-3-2-6-19(8-10)15(22)14(21)18-11-4-5-13(17)12(16)7-11/h4-5,7,9-10,20H,2-3,6,8H2,1H3,(H,18,21). The zero-order valence-corrected chi connectivity index (χ0v) is 12.9. The van der Waals surface area contributed by atoms with Crippen LogP contribution < -0.4 is 5.32 Å². The van der Waals surface area contributed by atoms with Crippen LogP contribution >= 0.6 is 11.6 Å². The number of aliphatic hydroxyl groups excluding tert-OH is 1. The van der Waals surface area contributed by atoms with Crippen LogP contribution in [-0.4, -0.2) is 41.0 Å². The van der Waals surface area contributed by atoms with Crippen molar-refractivity contribution in [2.75, 3.05) is 18.4 Å². The van der Waals surface area contributed by atoms with Crippen LogP contribution in [0.2, 0.25) is 5.02 Å². The Morgan fingerprint density at radius 3 is 2.86 bits per heavy atom. The molecule has 0 aromatic heterocycles. The fraction of sp³-hybridized carbons (Fsp3) is 0.467. The number of carbonyl (C=O) groups excluding carboxylic acids is 2. The predicted octanol–water partition coefficient (Wildman–Crippen LogP) is 2.04. The quantitative estimate of drug-likeness (QED) is 0.816. The van der Waals surface area contributed by atoms with Gasteiger partial charge in [-0.3, -0.25) is 9.59 Å². The molecule has 0 aliphatic carbocycles. The number of piperidine rings is 1. The Hall–Kier alpha value is -1.66. The first-order chi connectivity index (χ1) is 10.4. The van der Waals surface area contributed by atoms with Gasteiger partial charge in [-0.1, -0.05) is 11.6 Å². The van der Waals surface area contributed by atoms with E-state index in [-0.39, 0.29) is 16.6 Å². The molecule has 0 spiro atoms. The number of amides is 2. The van der Waals surface area contributed by atoms with Crippen LogP contribution in [-0.2, 0) is 9.59 Å². The van der Waals surface area contributed by atoms with Crippen LogP contribution in [0.1, 0.15) is 19.8 Å². The smallest absolute Gasteiger partial charge is 0.313 e. The molecule has 1 fully saturated rings. The van der Waals surface area contributed by atoms with Crippen molar-refractivity contribution in [1.29, 1.82) is 0 Å². The van der Waals surface area contributed by atoms with Crippen LogP contribution in [0.5, 0.6) is 0 Å². The third kappa shape index (κ3) is 3.96. The molecule has 1 aromatic rings. The normalized spacial score (nSPS) is 19.6. The molecule has 5 nitrogen and oxygen atoms in total. The summed E-state index contributed by atoms with van der Waals surface area (Å²) in [5.41, 5.74) is 0.258. The highest BCUT2D eigenvalue weighted by Crippen LogP contribution is 2.21. The lowest BCUT2D eigenvalue weighted by atomic mass is 9.93. The van der Waals surface area contributed by atoms with Crippen LogP contribution in [0.4, 0.5) is 10.1 Å². The molecular formula is C15H18ClFN2O3. The van der Waals surface area contributed by atoms with Crippen molar-refractivity contribution in [2.45, 2.75) is 25.9 Å². The van der Waals surface area contributed by atoms with Gasteiger partial charge in [0.2, 0.25) is 0 Å². The van der Waals surface area contributed by atoms with E-state index in [1.807, 2.05) is 0 Å². The van der Waals surface area contributed by atoms with E-state index in [9.17, 15) is 19.1 Å². The van der Waals surface area contributed by atoms with E-state index in [4.69, 9.17) is 11.6 Å². The van der Waals surface area contributed by atoms with Crippen molar-refractivity contribution >= 4 is 29.1 Å². The number of likely N-dealkylation sites (tertiary alicyclic amines) is 1. The maximum absolute atomic E-state index is 13.1. The Bertz CT molecular complexity index is 580. The predicted molar refractivity (Wildman–Crippen MR) is 81.0 cm³/mol. The summed E-state index contributed by atoms with van der Waals surface area (Å²) >= 11 is 5.63. The Labute approximate surface area is 133 Å². The third-order valence-electron chi connectivity index (χ3n) is 3.80. The molecule has 1 aliphatic rings. The summed E-state index contributed by atoms with van der Waals surface area (Å²) in [7, 11) is 0. The van der Waals surface area contributed by atoms with Crippen LogP contribution in [0.25, 0.3) is 0 Å². The molecule has 1 saturated heterocycles. The average molecular weight is 329 g/mol. The van der Waals surface area contributed by atoms with E-state index in [1.165, 1.54) is 17.0 Å². The van der Waals surface area contributed by atoms with Gasteiger partial charge in [0, 0.05) is 24.7 Å². The molecule has 0 bridgehead atoms. The topological polar surface area (TPSA) is 69.6 Å². The summed E-state index contributed by atoms with van der Waals surface area (Å²) in [5, 5.41) is 11.9. The van der Waals surface area contributed by atoms with Crippen molar-refractivity contribution in [2.24, 2.45) is 5.92 Å². The Balaban J connectivity index is 1.99. The number of benzene rings is 1. The Morgan fingerprint density at radius 2 is 2.23 bits per heavy atom. The molecular weight excluding hydrogens is 311 g/mol. The highest BCUT2D eigenvalue weighted by molar-refractivity contribution is 6.39. The van der Waals surface area contributed by atoms with E-state index in [1.54, 1.807) is 6.92 Å². The van der Waals surface area contributed by atoms with Gasteiger partial charge in [-0.15, -0.1) is 0 Å². The first kappa shape index (κ1) is 16.7. The van der Waals surface area contributed by atoms with Crippen molar-refractivity contribution in [3.63, 3.8) is 0 Å². The number of halogens is 2. The number of anilines is 1. The molecule has 22 heavy (non-hydrogen) atoms. The van der Waals surface area contributed by atoms with Crippen LogP contribution in [0, 0.1) is 11.7 Å². The first-order valence-electron chi connectivity index (χ1n) is 7.12. The molecule has 2 rings (SSSR count). The Morgan fingerprint density at radius 1 is 1.50 bits per heavy atom. The van der Waals surface area contributed by atoms with E-state index < -0.39 is 23.7 Å². The zero-order chi connectivity index (χ0) is 16.3. The Kier molecular flexibility index (Phi) is 5.37. The molecule has 0 saturated carbocycles. The van der Waals surface area contributed by atoms with E-state index in [0.29, 0.717) is 13.1 Å². The van der Waals surface area contributed by atoms with Gasteiger partial charge < -0.3 is 15.3 Å². The largest absolute Gasteiger partial charge is 0.393 e. The number of nitrogens with one attached hydrogen (secondary N) is 1. The van der Waals surface area contributed by atoms with Crippen LogP contribution in [0.3, 0.4) is 0 Å². The highest BCUT2D eigenvalue weighted by atomic mass is 35.5. The van der Waals surface area contributed by atoms with Gasteiger partial charge in [0.25, 0.3) is 0 Å². The van der Waals surface area contributed by atoms with Crippen molar-refractivity contribution in [1.82, 2.24) is 4.90 Å². The number of aliphatic hydroxyl groups is 1. The van der Waals surface area contributed by atoms with Crippen LogP contribution in [0.15, 0.2) is 18.2 Å². The third-order valence-corrected chi connectivity index (χ3v) is 4.09. The highest BCUT2D eigenvalue weighted by Gasteiger charge is 2.29. The maximum Gasteiger partial charge on any atom is 0.313 e. The molecule has 1 aromatic carbocycles. The summed E-state index contributed by atoms with van der Waals surface area (Å²) < 4.78 is 13.1. The number of nitrogens with zero attached hydrogens (tertiary/aromatic N) is 1. The monoisotopic (exact) mass is 328 g/mol. The van der Waals surface area contributed by atoms with E-state index >= 15 is 0 Å². The molecule has 1 aliphatic heterocycles. The molecule has 120 valence electrons. The van der Waals surface area contributed by atoms with Crippen molar-refractivity contribution in [3.05, 3.63) is 29.0 Å². The fourth-order valence-electron chi connectivity index (χ4n) is 2.49. The van der Waals surface area contributed by atoms with Crippen molar-refractivity contribution in [3.8, 4) is 0 Å². The van der Waals surface area contributed by atoms with Gasteiger partial charge >= 0.3 is 11.8 Å². The molecule has 7 heteroatoms. The second-order valence-electron chi connectivity index (χ2n) is 5.48. The average Bonchev–Trinajstić information content (AvgIpc) is 2.50. The van der Waals surface area contributed by atoms with Gasteiger partial charge in [-0.05, 0) is 38.0 Å². The first-order valence-corrected chi connectivity index (χ1v) is 7.49. The van der Waals surface area contributed by atoms with Crippen molar-refractivity contribution < 1.29 is 19.1 Å². The van der Waals surface area contributed by atoms with E-state index in [2.05, 4.69) is 5.32 Å². The minimum absolute atomic E-state index is 0.0224. The van der Waals surface area contributed by atoms with Gasteiger partial charge in [0.05, 0.1) is 11.1 Å². The second-order valence-corrected chi connectivity index (χ2v) is 5.88. The second kappa shape index (κ2) is 7.07. The minimum atomic E-state index is -0.797. The molecule has 2 N–H and O–H groups in total. The van der Waals surface area contributed by atoms with Gasteiger partial charge in [0.15, 0.2) is 0 Å². The lowest BCUT2D eigenvalue weighted by molar-refractivity contribution is -0.144. The summed E-state index contributed by atoms with van der Waals surface area (Å²) in [6, 6.07) is 3.70. The molecule has 2 amide bonds. The summed E-state index contributed by atoms with van der Waals surface area (Å²) in [6.45, 7) is 2.52. The number of hydrogen-bond acceptors (Lipinski definition) is 3. The number of rotatable bonds is 2. The zero-order valence-electron chi connectivity index (χ0n) is 12.2. The lowest BCUT2D eigenvalue weighted by Gasteiger charge is -2.33. The fourth-order valence-corrected chi connectivity index (χ4v) is 2.67. The molecule has 2 unspecified atom stereocenters. The molecule has 2 atom stereocenters. The van der Waals surface area contributed by atoms with Gasteiger partial charge in [-0.25, -0.2) is 4.39 Å². The number of carbonyl (C=O) groups is 2. The SMILES string of the molecule is CC(O)C1CCCN(C(=O)C(=O)Nc2ccc(F)c(Cl)c2)C1.